The Kier molecular flexibility index (Phi) is 11.7. The summed E-state index contributed by atoms with van der Waals surface area (Å²) in [6, 6.07) is 14.6. The monoisotopic (exact) mass is 626 g/mol. The van der Waals surface area contributed by atoms with Gasteiger partial charge in [0, 0.05) is 38.8 Å². The van der Waals surface area contributed by atoms with Crippen LogP contribution in [0.5, 0.6) is 5.75 Å². The van der Waals surface area contributed by atoms with Crippen LogP contribution in [0.3, 0.4) is 0 Å². The highest BCUT2D eigenvalue weighted by Gasteiger charge is 2.55. The van der Waals surface area contributed by atoms with E-state index in [4.69, 9.17) is 4.74 Å². The summed E-state index contributed by atoms with van der Waals surface area (Å²) in [5, 5.41) is 16.7. The molecule has 10 heteroatoms. The SMILES string of the molecule is CCCCN1C(=O)[C@@H]([C@H](O)C2CCCC2)NC(=O)C12CCN(Cc1ccc(OCc3ccc(C(=O)NC)cc3)cc1)CC2.Cl. The fraction of sp³-hybridized carbons (Fsp3) is 0.559. The van der Waals surface area contributed by atoms with Crippen LogP contribution >= 0.6 is 12.4 Å². The van der Waals surface area contributed by atoms with Gasteiger partial charge in [0.25, 0.3) is 5.91 Å². The number of nitrogens with one attached hydrogen (secondary N) is 2. The third-order valence-electron chi connectivity index (χ3n) is 9.58. The number of likely N-dealkylation sites (tertiary alicyclic amines) is 1. The van der Waals surface area contributed by atoms with Gasteiger partial charge in [-0.1, -0.05) is 50.5 Å². The van der Waals surface area contributed by atoms with Gasteiger partial charge in [0.15, 0.2) is 0 Å². The summed E-state index contributed by atoms with van der Waals surface area (Å²) in [6.07, 6.45) is 6.10. The van der Waals surface area contributed by atoms with Gasteiger partial charge < -0.3 is 25.4 Å². The summed E-state index contributed by atoms with van der Waals surface area (Å²) >= 11 is 0. The number of hydrogen-bond donors (Lipinski definition) is 3. The molecule has 3 fully saturated rings. The maximum absolute atomic E-state index is 13.8. The number of piperazine rings is 1. The lowest BCUT2D eigenvalue weighted by molar-refractivity contribution is -0.165. The number of aliphatic hydroxyl groups excluding tert-OH is 1. The molecule has 0 radical (unpaired) electrons. The summed E-state index contributed by atoms with van der Waals surface area (Å²) in [5.74, 6) is 0.527. The number of hydrogen-bond acceptors (Lipinski definition) is 6. The van der Waals surface area contributed by atoms with Crippen LogP contribution < -0.4 is 15.4 Å². The third kappa shape index (κ3) is 7.38. The highest BCUT2D eigenvalue weighted by molar-refractivity contribution is 6.00. The Morgan fingerprint density at radius 1 is 1.05 bits per heavy atom. The Bertz CT molecular complexity index is 1260. The van der Waals surface area contributed by atoms with E-state index in [0.29, 0.717) is 44.6 Å². The number of amides is 3. The molecular formula is C34H47ClN4O5. The van der Waals surface area contributed by atoms with Gasteiger partial charge in [0.05, 0.1) is 6.10 Å². The Balaban J connectivity index is 0.00000442. The Hall–Kier alpha value is -3.14. The Morgan fingerprint density at radius 3 is 2.30 bits per heavy atom. The van der Waals surface area contributed by atoms with Gasteiger partial charge in [0.1, 0.15) is 23.9 Å². The van der Waals surface area contributed by atoms with Crippen LogP contribution in [0.4, 0.5) is 0 Å². The summed E-state index contributed by atoms with van der Waals surface area (Å²) in [6.45, 7) is 5.24. The lowest BCUT2D eigenvalue weighted by atomic mass is 9.80. The van der Waals surface area contributed by atoms with E-state index in [1.54, 1.807) is 19.2 Å². The molecule has 1 spiro atoms. The molecule has 0 aromatic heterocycles. The number of ether oxygens (including phenoxy) is 1. The highest BCUT2D eigenvalue weighted by atomic mass is 35.5. The number of nitrogens with zero attached hydrogens (tertiary/aromatic N) is 2. The third-order valence-corrected chi connectivity index (χ3v) is 9.58. The zero-order chi connectivity index (χ0) is 30.4. The van der Waals surface area contributed by atoms with Crippen molar-refractivity contribution in [2.24, 2.45) is 5.92 Å². The van der Waals surface area contributed by atoms with Gasteiger partial charge in [-0.15, -0.1) is 12.4 Å². The highest BCUT2D eigenvalue weighted by Crippen LogP contribution is 2.37. The lowest BCUT2D eigenvalue weighted by Gasteiger charge is -2.52. The molecule has 0 unspecified atom stereocenters. The maximum atomic E-state index is 13.8. The van der Waals surface area contributed by atoms with Crippen LogP contribution in [-0.4, -0.2) is 77.0 Å². The van der Waals surface area contributed by atoms with Gasteiger partial charge in [-0.25, -0.2) is 0 Å². The van der Waals surface area contributed by atoms with Gasteiger partial charge in [-0.2, -0.15) is 0 Å². The van der Waals surface area contributed by atoms with Crippen molar-refractivity contribution in [2.45, 2.75) is 89.1 Å². The second-order valence-corrected chi connectivity index (χ2v) is 12.3. The summed E-state index contributed by atoms with van der Waals surface area (Å²) < 4.78 is 5.95. The van der Waals surface area contributed by atoms with Crippen molar-refractivity contribution in [1.82, 2.24) is 20.4 Å². The largest absolute Gasteiger partial charge is 0.489 e. The molecule has 3 aliphatic rings. The first kappa shape index (κ1) is 33.7. The predicted octanol–water partition coefficient (Wildman–Crippen LogP) is 4.06. The van der Waals surface area contributed by atoms with E-state index in [2.05, 4.69) is 34.6 Å². The van der Waals surface area contributed by atoms with E-state index < -0.39 is 17.7 Å². The molecule has 1 saturated carbocycles. The van der Waals surface area contributed by atoms with E-state index in [1.165, 1.54) is 0 Å². The number of rotatable bonds is 11. The zero-order valence-electron chi connectivity index (χ0n) is 25.9. The zero-order valence-corrected chi connectivity index (χ0v) is 26.7. The summed E-state index contributed by atoms with van der Waals surface area (Å²) in [4.78, 5) is 43.3. The number of aliphatic hydroxyl groups is 1. The predicted molar refractivity (Wildman–Crippen MR) is 172 cm³/mol. The van der Waals surface area contributed by atoms with Gasteiger partial charge >= 0.3 is 0 Å². The van der Waals surface area contributed by atoms with Crippen LogP contribution in [0, 0.1) is 5.92 Å². The lowest BCUT2D eigenvalue weighted by Crippen LogP contribution is -2.75. The first-order valence-corrected chi connectivity index (χ1v) is 15.9. The normalized spacial score (nSPS) is 21.1. The average molecular weight is 627 g/mol. The van der Waals surface area contributed by atoms with Crippen LogP contribution in [0.2, 0.25) is 0 Å². The summed E-state index contributed by atoms with van der Waals surface area (Å²) in [5.41, 5.74) is 1.91. The molecule has 3 N–H and O–H groups in total. The number of unbranched alkanes of at least 4 members (excludes halogenated alkanes) is 1. The van der Waals surface area contributed by atoms with Crippen LogP contribution in [0.1, 0.15) is 79.8 Å². The molecule has 2 aromatic rings. The molecule has 240 valence electrons. The standard InChI is InChI=1S/C34H46N4O5.ClH/c1-3-4-19-38-32(41)29(30(39)26-7-5-6-8-26)36-33(42)34(38)17-20-37(21-18-34)22-24-11-15-28(16-12-24)43-23-25-9-13-27(14-10-25)31(40)35-2;/h9-16,26,29-30,39H,3-8,17-23H2,1-2H3,(H,35,40)(H,36,42);1H/t29-,30-;/m1./s1. The molecule has 2 atom stereocenters. The van der Waals surface area contributed by atoms with Gasteiger partial charge in [0.2, 0.25) is 11.8 Å². The van der Waals surface area contributed by atoms with Crippen molar-refractivity contribution in [3.63, 3.8) is 0 Å². The van der Waals surface area contributed by atoms with Crippen molar-refractivity contribution >= 4 is 30.1 Å². The molecule has 3 amide bonds. The Morgan fingerprint density at radius 2 is 1.68 bits per heavy atom. The number of carbonyl (C=O) groups is 3. The summed E-state index contributed by atoms with van der Waals surface area (Å²) in [7, 11) is 1.61. The smallest absolute Gasteiger partial charge is 0.251 e. The molecule has 1 aliphatic carbocycles. The number of halogens is 1. The topological polar surface area (TPSA) is 111 Å². The van der Waals surface area contributed by atoms with Crippen molar-refractivity contribution < 1.29 is 24.2 Å². The molecule has 2 heterocycles. The number of benzene rings is 2. The average Bonchev–Trinajstić information content (AvgIpc) is 3.58. The fourth-order valence-electron chi connectivity index (χ4n) is 6.87. The molecule has 2 aromatic carbocycles. The fourth-order valence-corrected chi connectivity index (χ4v) is 6.87. The first-order valence-electron chi connectivity index (χ1n) is 15.9. The number of piperidine rings is 1. The maximum Gasteiger partial charge on any atom is 0.251 e. The van der Waals surface area contributed by atoms with E-state index in [1.807, 2.05) is 29.2 Å². The van der Waals surface area contributed by atoms with Crippen molar-refractivity contribution in [2.75, 3.05) is 26.7 Å². The van der Waals surface area contributed by atoms with E-state index >= 15 is 0 Å². The van der Waals surface area contributed by atoms with Crippen molar-refractivity contribution in [1.29, 1.82) is 0 Å². The Labute approximate surface area is 267 Å². The molecule has 9 nitrogen and oxygen atoms in total. The van der Waals surface area contributed by atoms with E-state index in [-0.39, 0.29) is 36.0 Å². The first-order chi connectivity index (χ1) is 20.8. The van der Waals surface area contributed by atoms with E-state index in [0.717, 1.165) is 61.9 Å². The quantitative estimate of drug-likeness (QED) is 0.347. The molecule has 44 heavy (non-hydrogen) atoms. The minimum absolute atomic E-state index is 0. The van der Waals surface area contributed by atoms with E-state index in [9.17, 15) is 19.5 Å². The second-order valence-electron chi connectivity index (χ2n) is 12.3. The van der Waals surface area contributed by atoms with Gasteiger partial charge in [-0.3, -0.25) is 19.3 Å². The molecule has 5 rings (SSSR count). The number of carbonyl (C=O) groups excluding carboxylic acids is 3. The van der Waals surface area contributed by atoms with Crippen molar-refractivity contribution in [3.05, 3.63) is 65.2 Å². The van der Waals surface area contributed by atoms with Crippen molar-refractivity contribution in [3.8, 4) is 5.75 Å². The minimum Gasteiger partial charge on any atom is -0.489 e. The minimum atomic E-state index is -0.842. The molecule has 0 bridgehead atoms. The molecule has 2 saturated heterocycles. The van der Waals surface area contributed by atoms with Crippen LogP contribution in [0.15, 0.2) is 48.5 Å². The van der Waals surface area contributed by atoms with Crippen LogP contribution in [-0.2, 0) is 22.7 Å². The molecule has 2 aliphatic heterocycles. The van der Waals surface area contributed by atoms with Crippen LogP contribution in [0.25, 0.3) is 0 Å². The second kappa shape index (κ2) is 15.2. The molecular weight excluding hydrogens is 580 g/mol. The van der Waals surface area contributed by atoms with Gasteiger partial charge in [-0.05, 0) is 73.4 Å².